The van der Waals surface area contributed by atoms with E-state index in [1.165, 1.54) is 18.6 Å². The van der Waals surface area contributed by atoms with Gasteiger partial charge in [-0.05, 0) is 33.4 Å². The largest absolute Gasteiger partial charge is 0.383 e. The third-order valence-electron chi connectivity index (χ3n) is 3.87. The van der Waals surface area contributed by atoms with Gasteiger partial charge in [0.25, 0.3) is 5.69 Å². The van der Waals surface area contributed by atoms with Crippen molar-refractivity contribution >= 4 is 17.3 Å². The van der Waals surface area contributed by atoms with Crippen molar-refractivity contribution in [3.8, 4) is 0 Å². The number of nitrogens with two attached hydrogens (primary N) is 1. The van der Waals surface area contributed by atoms with E-state index in [1.807, 2.05) is 0 Å². The van der Waals surface area contributed by atoms with E-state index in [4.69, 9.17) is 5.73 Å². The summed E-state index contributed by atoms with van der Waals surface area (Å²) in [6.45, 7) is 0.716. The Morgan fingerprint density at radius 2 is 2.21 bits per heavy atom. The van der Waals surface area contributed by atoms with Gasteiger partial charge in [-0.3, -0.25) is 10.1 Å². The number of hydrogen-bond acceptors (Lipinski definition) is 6. The molecule has 0 spiro atoms. The zero-order valence-electron chi connectivity index (χ0n) is 11.2. The van der Waals surface area contributed by atoms with Crippen LogP contribution < -0.4 is 11.1 Å². The Labute approximate surface area is 112 Å². The van der Waals surface area contributed by atoms with Crippen molar-refractivity contribution in [3.05, 3.63) is 22.2 Å². The van der Waals surface area contributed by atoms with Gasteiger partial charge in [-0.2, -0.15) is 0 Å². The molecule has 1 aliphatic carbocycles. The van der Waals surface area contributed by atoms with Gasteiger partial charge in [0, 0.05) is 12.1 Å². The van der Waals surface area contributed by atoms with Gasteiger partial charge in [0.2, 0.25) is 0 Å². The monoisotopic (exact) mass is 265 g/mol. The first-order valence-electron chi connectivity index (χ1n) is 6.26. The highest BCUT2D eigenvalue weighted by Gasteiger charge is 2.38. The van der Waals surface area contributed by atoms with Gasteiger partial charge in [-0.15, -0.1) is 0 Å². The van der Waals surface area contributed by atoms with E-state index in [1.54, 1.807) is 0 Å². The van der Waals surface area contributed by atoms with Crippen molar-refractivity contribution in [2.45, 2.75) is 24.8 Å². The Bertz CT molecular complexity index is 485. The first-order chi connectivity index (χ1) is 8.93. The van der Waals surface area contributed by atoms with Gasteiger partial charge in [0.05, 0.1) is 17.1 Å². The summed E-state index contributed by atoms with van der Waals surface area (Å²) in [6, 6.07) is 2.68. The summed E-state index contributed by atoms with van der Waals surface area (Å²) in [7, 11) is 4.10. The van der Waals surface area contributed by atoms with E-state index < -0.39 is 4.92 Å². The number of hydrogen-bond donors (Lipinski definition) is 2. The number of likely N-dealkylation sites (N-methyl/N-ethyl adjacent to an activating group) is 1. The standard InChI is InChI=1S/C12H19N5O2/c1-16(2)12(4-3-5-12)8-14-11-7-9(17(18)19)6-10(13)15-11/h6-7H,3-5,8H2,1-2H3,(H3,13,14,15). The number of nitrogen functional groups attached to an aromatic ring is 1. The maximum absolute atomic E-state index is 10.8. The van der Waals surface area contributed by atoms with Gasteiger partial charge in [-0.25, -0.2) is 4.98 Å². The van der Waals surface area contributed by atoms with Crippen LogP contribution >= 0.6 is 0 Å². The molecule has 0 aliphatic heterocycles. The van der Waals surface area contributed by atoms with Crippen LogP contribution in [0, 0.1) is 10.1 Å². The van der Waals surface area contributed by atoms with Crippen molar-refractivity contribution < 1.29 is 4.92 Å². The summed E-state index contributed by atoms with van der Waals surface area (Å²) >= 11 is 0. The molecule has 104 valence electrons. The lowest BCUT2D eigenvalue weighted by molar-refractivity contribution is -0.384. The molecule has 0 aromatic carbocycles. The number of pyridine rings is 1. The molecule has 0 bridgehead atoms. The molecule has 1 aliphatic rings. The fourth-order valence-corrected chi connectivity index (χ4v) is 2.35. The zero-order chi connectivity index (χ0) is 14.0. The van der Waals surface area contributed by atoms with Crippen LogP contribution in [0.2, 0.25) is 0 Å². The molecule has 7 heteroatoms. The maximum Gasteiger partial charge on any atom is 0.276 e. The number of anilines is 2. The second kappa shape index (κ2) is 5.00. The molecule has 7 nitrogen and oxygen atoms in total. The van der Waals surface area contributed by atoms with Crippen molar-refractivity contribution in [3.63, 3.8) is 0 Å². The summed E-state index contributed by atoms with van der Waals surface area (Å²) in [6.07, 6.45) is 3.46. The lowest BCUT2D eigenvalue weighted by Gasteiger charge is -2.47. The van der Waals surface area contributed by atoms with Gasteiger partial charge < -0.3 is 16.0 Å². The second-order valence-corrected chi connectivity index (χ2v) is 5.22. The number of nitro groups is 1. The van der Waals surface area contributed by atoms with E-state index >= 15 is 0 Å². The fourth-order valence-electron chi connectivity index (χ4n) is 2.35. The van der Waals surface area contributed by atoms with E-state index in [0.29, 0.717) is 12.4 Å². The molecule has 1 aromatic rings. The first-order valence-corrected chi connectivity index (χ1v) is 6.26. The van der Waals surface area contributed by atoms with Crippen molar-refractivity contribution in [2.24, 2.45) is 0 Å². The molecule has 2 rings (SSSR count). The first kappa shape index (κ1) is 13.5. The van der Waals surface area contributed by atoms with Crippen LogP contribution in [0.1, 0.15) is 19.3 Å². The summed E-state index contributed by atoms with van der Waals surface area (Å²) in [5, 5.41) is 13.9. The number of rotatable bonds is 5. The molecule has 1 saturated carbocycles. The van der Waals surface area contributed by atoms with Gasteiger partial charge in [0.15, 0.2) is 0 Å². The van der Waals surface area contributed by atoms with E-state index in [0.717, 1.165) is 12.8 Å². The highest BCUT2D eigenvalue weighted by molar-refractivity contribution is 5.52. The number of aromatic nitrogens is 1. The molecule has 0 unspecified atom stereocenters. The SMILES string of the molecule is CN(C)C1(CNc2cc([N+](=O)[O-])cc(N)n2)CCC1. The van der Waals surface area contributed by atoms with Crippen LogP contribution in [-0.4, -0.2) is 41.0 Å². The van der Waals surface area contributed by atoms with E-state index in [9.17, 15) is 10.1 Å². The van der Waals surface area contributed by atoms with E-state index in [-0.39, 0.29) is 17.0 Å². The van der Waals surface area contributed by atoms with Crippen LogP contribution in [0.4, 0.5) is 17.3 Å². The highest BCUT2D eigenvalue weighted by Crippen LogP contribution is 2.36. The third kappa shape index (κ3) is 2.76. The van der Waals surface area contributed by atoms with E-state index in [2.05, 4.69) is 29.3 Å². The highest BCUT2D eigenvalue weighted by atomic mass is 16.6. The predicted octanol–water partition coefficient (Wildman–Crippen LogP) is 1.47. The van der Waals surface area contributed by atoms with Gasteiger partial charge in [-0.1, -0.05) is 0 Å². The Kier molecular flexibility index (Phi) is 3.57. The van der Waals surface area contributed by atoms with Crippen molar-refractivity contribution in [1.82, 2.24) is 9.88 Å². The summed E-state index contributed by atoms with van der Waals surface area (Å²) in [4.78, 5) is 16.6. The van der Waals surface area contributed by atoms with Crippen molar-refractivity contribution in [1.29, 1.82) is 0 Å². The molecule has 1 heterocycles. The third-order valence-corrected chi connectivity index (χ3v) is 3.87. The molecule has 1 fully saturated rings. The molecule has 1 aromatic heterocycles. The summed E-state index contributed by atoms with van der Waals surface area (Å²) < 4.78 is 0. The quantitative estimate of drug-likeness (QED) is 0.618. The predicted molar refractivity (Wildman–Crippen MR) is 74.1 cm³/mol. The van der Waals surface area contributed by atoms with Crippen LogP contribution in [0.25, 0.3) is 0 Å². The minimum atomic E-state index is -0.464. The van der Waals surface area contributed by atoms with Crippen LogP contribution in [-0.2, 0) is 0 Å². The molecule has 0 amide bonds. The second-order valence-electron chi connectivity index (χ2n) is 5.22. The number of nitrogens with zero attached hydrogens (tertiary/aromatic N) is 3. The molecule has 19 heavy (non-hydrogen) atoms. The molecule has 0 radical (unpaired) electrons. The minimum absolute atomic E-state index is 0.0393. The van der Waals surface area contributed by atoms with Crippen molar-refractivity contribution in [2.75, 3.05) is 31.7 Å². The normalized spacial score (nSPS) is 17.0. The maximum atomic E-state index is 10.8. The Balaban J connectivity index is 2.09. The molecular weight excluding hydrogens is 246 g/mol. The lowest BCUT2D eigenvalue weighted by Crippen LogP contribution is -2.54. The average Bonchev–Trinajstić information content (AvgIpc) is 2.26. The number of nitrogens with one attached hydrogen (secondary N) is 1. The Hall–Kier alpha value is -1.89. The van der Waals surface area contributed by atoms with Crippen LogP contribution in [0.5, 0.6) is 0 Å². The summed E-state index contributed by atoms with van der Waals surface area (Å²) in [5.41, 5.74) is 5.66. The molecular formula is C12H19N5O2. The molecule has 0 saturated heterocycles. The Morgan fingerprint density at radius 3 is 2.68 bits per heavy atom. The molecule has 3 N–H and O–H groups in total. The lowest BCUT2D eigenvalue weighted by atomic mass is 9.75. The Morgan fingerprint density at radius 1 is 1.53 bits per heavy atom. The van der Waals surface area contributed by atoms with Gasteiger partial charge >= 0.3 is 0 Å². The smallest absolute Gasteiger partial charge is 0.276 e. The minimum Gasteiger partial charge on any atom is -0.383 e. The summed E-state index contributed by atoms with van der Waals surface area (Å²) in [5.74, 6) is 0.615. The zero-order valence-corrected chi connectivity index (χ0v) is 11.2. The average molecular weight is 265 g/mol. The fraction of sp³-hybridized carbons (Fsp3) is 0.583. The van der Waals surface area contributed by atoms with Crippen LogP contribution in [0.15, 0.2) is 12.1 Å². The molecule has 0 atom stereocenters. The van der Waals surface area contributed by atoms with Crippen LogP contribution in [0.3, 0.4) is 0 Å². The van der Waals surface area contributed by atoms with Gasteiger partial charge in [0.1, 0.15) is 11.6 Å². The topological polar surface area (TPSA) is 97.3 Å².